The number of rotatable bonds is 6. The lowest BCUT2D eigenvalue weighted by molar-refractivity contribution is -0.0255. The van der Waals surface area contributed by atoms with Gasteiger partial charge in [-0.1, -0.05) is 6.92 Å². The average Bonchev–Trinajstić information content (AvgIpc) is 2.87. The first-order valence-corrected chi connectivity index (χ1v) is 6.55. The Hall–Kier alpha value is -0.880. The second kappa shape index (κ2) is 6.89. The van der Waals surface area contributed by atoms with Crippen molar-refractivity contribution in [2.45, 2.75) is 26.2 Å². The van der Waals surface area contributed by atoms with Crippen LogP contribution in [0.3, 0.4) is 0 Å². The number of furan rings is 1. The Labute approximate surface area is 108 Å². The van der Waals surface area contributed by atoms with E-state index in [-0.39, 0.29) is 12.7 Å². The molecule has 5 heteroatoms. The fourth-order valence-electron chi connectivity index (χ4n) is 2.15. The van der Waals surface area contributed by atoms with Crippen LogP contribution in [0.2, 0.25) is 0 Å². The maximum absolute atomic E-state index is 8.90. The number of hydrogen-bond acceptors (Lipinski definition) is 5. The normalized spacial score (nSPS) is 21.3. The summed E-state index contributed by atoms with van der Waals surface area (Å²) in [6, 6.07) is 3.69. The van der Waals surface area contributed by atoms with Gasteiger partial charge in [-0.3, -0.25) is 4.90 Å². The Morgan fingerprint density at radius 3 is 3.00 bits per heavy atom. The summed E-state index contributed by atoms with van der Waals surface area (Å²) in [5.74, 6) is 1.46. The van der Waals surface area contributed by atoms with Gasteiger partial charge in [0.25, 0.3) is 0 Å². The maximum atomic E-state index is 8.90. The van der Waals surface area contributed by atoms with Gasteiger partial charge in [0.1, 0.15) is 18.1 Å². The maximum Gasteiger partial charge on any atom is 0.129 e. The molecule has 0 spiro atoms. The Morgan fingerprint density at radius 1 is 1.44 bits per heavy atom. The summed E-state index contributed by atoms with van der Waals surface area (Å²) in [5, 5.41) is 12.2. The molecular weight excluding hydrogens is 232 g/mol. The third-order valence-corrected chi connectivity index (χ3v) is 3.21. The van der Waals surface area contributed by atoms with Crippen molar-refractivity contribution in [2.24, 2.45) is 0 Å². The van der Waals surface area contributed by atoms with Gasteiger partial charge < -0.3 is 19.6 Å². The van der Waals surface area contributed by atoms with Crippen LogP contribution >= 0.6 is 0 Å². The summed E-state index contributed by atoms with van der Waals surface area (Å²) in [6.45, 7) is 7.55. The largest absolute Gasteiger partial charge is 0.462 e. The van der Waals surface area contributed by atoms with Crippen molar-refractivity contribution in [3.05, 3.63) is 23.7 Å². The minimum absolute atomic E-state index is 0.0444. The zero-order valence-electron chi connectivity index (χ0n) is 10.9. The van der Waals surface area contributed by atoms with E-state index in [4.69, 9.17) is 14.3 Å². The number of morpholine rings is 1. The number of hydrogen-bond donors (Lipinski definition) is 2. The number of likely N-dealkylation sites (N-methyl/N-ethyl adjacent to an activating group) is 1. The lowest BCUT2D eigenvalue weighted by atomic mass is 10.2. The van der Waals surface area contributed by atoms with Crippen molar-refractivity contribution in [1.29, 1.82) is 0 Å². The molecule has 5 nitrogen and oxygen atoms in total. The lowest BCUT2D eigenvalue weighted by Gasteiger charge is -2.32. The highest BCUT2D eigenvalue weighted by Gasteiger charge is 2.18. The lowest BCUT2D eigenvalue weighted by Crippen LogP contribution is -2.46. The van der Waals surface area contributed by atoms with E-state index in [0.29, 0.717) is 12.3 Å². The van der Waals surface area contributed by atoms with Crippen LogP contribution in [0.25, 0.3) is 0 Å². The summed E-state index contributed by atoms with van der Waals surface area (Å²) in [4.78, 5) is 2.40. The molecule has 0 aromatic carbocycles. The Balaban J connectivity index is 1.68. The van der Waals surface area contributed by atoms with E-state index in [9.17, 15) is 0 Å². The van der Waals surface area contributed by atoms with Gasteiger partial charge in [0, 0.05) is 19.6 Å². The monoisotopic (exact) mass is 254 g/mol. The summed E-state index contributed by atoms with van der Waals surface area (Å²) in [6.07, 6.45) is 0.256. The second-order valence-electron chi connectivity index (χ2n) is 4.54. The third kappa shape index (κ3) is 3.81. The highest BCUT2D eigenvalue weighted by molar-refractivity contribution is 5.06. The minimum Gasteiger partial charge on any atom is -0.462 e. The molecule has 0 aliphatic carbocycles. The highest BCUT2D eigenvalue weighted by atomic mass is 16.5. The summed E-state index contributed by atoms with van der Waals surface area (Å²) < 4.78 is 11.1. The molecular formula is C13H22N2O3. The molecule has 1 aromatic rings. The molecule has 2 rings (SSSR count). The molecule has 18 heavy (non-hydrogen) atoms. The quantitative estimate of drug-likeness (QED) is 0.778. The van der Waals surface area contributed by atoms with E-state index in [1.807, 2.05) is 6.07 Å². The fraction of sp³-hybridized carbons (Fsp3) is 0.692. The Kier molecular flexibility index (Phi) is 5.19. The predicted octanol–water partition coefficient (Wildman–Crippen LogP) is 0.582. The zero-order valence-corrected chi connectivity index (χ0v) is 10.9. The van der Waals surface area contributed by atoms with Gasteiger partial charge in [0.05, 0.1) is 19.3 Å². The van der Waals surface area contributed by atoms with Crippen LogP contribution < -0.4 is 5.32 Å². The molecule has 1 atom stereocenters. The van der Waals surface area contributed by atoms with E-state index in [1.165, 1.54) is 0 Å². The molecule has 0 amide bonds. The van der Waals surface area contributed by atoms with E-state index in [0.717, 1.165) is 38.5 Å². The van der Waals surface area contributed by atoms with Gasteiger partial charge in [-0.2, -0.15) is 0 Å². The highest BCUT2D eigenvalue weighted by Crippen LogP contribution is 2.08. The summed E-state index contributed by atoms with van der Waals surface area (Å²) in [5.41, 5.74) is 0. The number of aliphatic hydroxyl groups is 1. The van der Waals surface area contributed by atoms with Crippen LogP contribution in [0, 0.1) is 0 Å². The molecule has 1 saturated heterocycles. The fourth-order valence-corrected chi connectivity index (χ4v) is 2.15. The summed E-state index contributed by atoms with van der Waals surface area (Å²) in [7, 11) is 0. The van der Waals surface area contributed by atoms with Crippen molar-refractivity contribution in [1.82, 2.24) is 10.2 Å². The standard InChI is InChI=1S/C13H22N2O3/c1-2-15-5-6-17-13(9-15)8-14-7-11-3-4-12(10-16)18-11/h3-4,13-14,16H,2,5-10H2,1H3. The zero-order chi connectivity index (χ0) is 12.8. The average molecular weight is 254 g/mol. The molecule has 1 fully saturated rings. The van der Waals surface area contributed by atoms with Gasteiger partial charge in [-0.25, -0.2) is 0 Å². The van der Waals surface area contributed by atoms with E-state index in [2.05, 4.69) is 17.1 Å². The molecule has 0 saturated carbocycles. The molecule has 0 bridgehead atoms. The smallest absolute Gasteiger partial charge is 0.129 e. The van der Waals surface area contributed by atoms with E-state index >= 15 is 0 Å². The first-order valence-electron chi connectivity index (χ1n) is 6.55. The Morgan fingerprint density at radius 2 is 2.28 bits per heavy atom. The van der Waals surface area contributed by atoms with Gasteiger partial charge >= 0.3 is 0 Å². The van der Waals surface area contributed by atoms with Crippen molar-refractivity contribution in [3.63, 3.8) is 0 Å². The third-order valence-electron chi connectivity index (χ3n) is 3.21. The van der Waals surface area contributed by atoms with Crippen molar-refractivity contribution >= 4 is 0 Å². The first-order chi connectivity index (χ1) is 8.81. The molecule has 2 heterocycles. The SMILES string of the molecule is CCN1CCOC(CNCc2ccc(CO)o2)C1. The number of aliphatic hydroxyl groups excluding tert-OH is 1. The van der Waals surface area contributed by atoms with Crippen molar-refractivity contribution in [2.75, 3.05) is 32.8 Å². The predicted molar refractivity (Wildman–Crippen MR) is 68.2 cm³/mol. The van der Waals surface area contributed by atoms with Gasteiger partial charge in [-0.05, 0) is 18.7 Å². The van der Waals surface area contributed by atoms with E-state index in [1.54, 1.807) is 6.07 Å². The number of nitrogens with zero attached hydrogens (tertiary/aromatic N) is 1. The van der Waals surface area contributed by atoms with Crippen LogP contribution in [-0.4, -0.2) is 48.9 Å². The molecule has 1 aromatic heterocycles. The van der Waals surface area contributed by atoms with Crippen LogP contribution in [-0.2, 0) is 17.9 Å². The minimum atomic E-state index is -0.0444. The molecule has 2 N–H and O–H groups in total. The number of nitrogens with one attached hydrogen (secondary N) is 1. The van der Waals surface area contributed by atoms with Gasteiger partial charge in [0.2, 0.25) is 0 Å². The molecule has 1 aliphatic rings. The molecule has 0 radical (unpaired) electrons. The van der Waals surface area contributed by atoms with Crippen molar-refractivity contribution in [3.8, 4) is 0 Å². The van der Waals surface area contributed by atoms with Crippen LogP contribution in [0.15, 0.2) is 16.5 Å². The second-order valence-corrected chi connectivity index (χ2v) is 4.54. The van der Waals surface area contributed by atoms with Gasteiger partial charge in [-0.15, -0.1) is 0 Å². The molecule has 1 unspecified atom stereocenters. The number of ether oxygens (including phenoxy) is 1. The Bertz CT molecular complexity index is 354. The molecule has 102 valence electrons. The summed E-state index contributed by atoms with van der Waals surface area (Å²) >= 11 is 0. The van der Waals surface area contributed by atoms with E-state index < -0.39 is 0 Å². The topological polar surface area (TPSA) is 57.9 Å². The van der Waals surface area contributed by atoms with Gasteiger partial charge in [0.15, 0.2) is 0 Å². The van der Waals surface area contributed by atoms with Crippen LogP contribution in [0.5, 0.6) is 0 Å². The molecule has 1 aliphatic heterocycles. The van der Waals surface area contributed by atoms with Crippen LogP contribution in [0.4, 0.5) is 0 Å². The first kappa shape index (κ1) is 13.5. The van der Waals surface area contributed by atoms with Crippen LogP contribution in [0.1, 0.15) is 18.4 Å². The van der Waals surface area contributed by atoms with Crippen molar-refractivity contribution < 1.29 is 14.3 Å².